The third-order valence-corrected chi connectivity index (χ3v) is 3.18. The van der Waals surface area contributed by atoms with Crippen molar-refractivity contribution in [2.24, 2.45) is 0 Å². The standard InChI is InChI=1S/C16H26N2O/c1-4-5-9-12-18(14(2)3)13-16(19)17-15-10-7-6-8-11-15/h6-8,10-11,14H,4-5,9,12-13H2,1-3H3,(H,17,19). The molecule has 1 rings (SSSR count). The number of rotatable bonds is 8. The third-order valence-electron chi connectivity index (χ3n) is 3.18. The van der Waals surface area contributed by atoms with E-state index >= 15 is 0 Å². The molecule has 0 spiro atoms. The number of carbonyl (C=O) groups excluding carboxylic acids is 1. The molecule has 0 aliphatic heterocycles. The van der Waals surface area contributed by atoms with Crippen molar-refractivity contribution >= 4 is 11.6 Å². The van der Waals surface area contributed by atoms with E-state index in [9.17, 15) is 4.79 Å². The number of para-hydroxylation sites is 1. The molecule has 1 aromatic rings. The van der Waals surface area contributed by atoms with Crippen LogP contribution in [-0.2, 0) is 4.79 Å². The minimum atomic E-state index is 0.0661. The average molecular weight is 262 g/mol. The Bertz CT molecular complexity index is 362. The Balaban J connectivity index is 2.42. The number of carbonyl (C=O) groups is 1. The fourth-order valence-corrected chi connectivity index (χ4v) is 1.99. The maximum Gasteiger partial charge on any atom is 0.238 e. The molecule has 19 heavy (non-hydrogen) atoms. The van der Waals surface area contributed by atoms with Crippen LogP contribution < -0.4 is 5.32 Å². The quantitative estimate of drug-likeness (QED) is 0.727. The molecule has 0 atom stereocenters. The van der Waals surface area contributed by atoms with Gasteiger partial charge in [-0.05, 0) is 38.9 Å². The summed E-state index contributed by atoms with van der Waals surface area (Å²) in [6, 6.07) is 10.0. The minimum absolute atomic E-state index is 0.0661. The highest BCUT2D eigenvalue weighted by Gasteiger charge is 2.13. The van der Waals surface area contributed by atoms with E-state index in [1.165, 1.54) is 12.8 Å². The molecule has 0 heterocycles. The first-order valence-corrected chi connectivity index (χ1v) is 7.22. The molecule has 0 saturated heterocycles. The Kier molecular flexibility index (Phi) is 7.19. The molecule has 1 amide bonds. The zero-order valence-electron chi connectivity index (χ0n) is 12.4. The van der Waals surface area contributed by atoms with Gasteiger partial charge in [0.25, 0.3) is 0 Å². The molecular weight excluding hydrogens is 236 g/mol. The van der Waals surface area contributed by atoms with E-state index in [2.05, 4.69) is 31.0 Å². The second kappa shape index (κ2) is 8.70. The summed E-state index contributed by atoms with van der Waals surface area (Å²) in [6.45, 7) is 7.94. The molecule has 106 valence electrons. The number of hydrogen-bond donors (Lipinski definition) is 1. The summed E-state index contributed by atoms with van der Waals surface area (Å²) < 4.78 is 0. The van der Waals surface area contributed by atoms with Gasteiger partial charge < -0.3 is 5.32 Å². The summed E-state index contributed by atoms with van der Waals surface area (Å²) in [5.41, 5.74) is 0.866. The van der Waals surface area contributed by atoms with Gasteiger partial charge in [0.1, 0.15) is 0 Å². The molecule has 0 fully saturated rings. The number of nitrogens with one attached hydrogen (secondary N) is 1. The maximum atomic E-state index is 12.0. The van der Waals surface area contributed by atoms with Crippen LogP contribution in [0.25, 0.3) is 0 Å². The number of amides is 1. The Morgan fingerprint density at radius 1 is 1.21 bits per heavy atom. The monoisotopic (exact) mass is 262 g/mol. The molecule has 3 nitrogen and oxygen atoms in total. The van der Waals surface area contributed by atoms with Gasteiger partial charge in [-0.25, -0.2) is 0 Å². The van der Waals surface area contributed by atoms with E-state index in [1.54, 1.807) is 0 Å². The van der Waals surface area contributed by atoms with Crippen LogP contribution in [0.5, 0.6) is 0 Å². The van der Waals surface area contributed by atoms with Crippen LogP contribution in [-0.4, -0.2) is 29.9 Å². The molecule has 0 unspecified atom stereocenters. The smallest absolute Gasteiger partial charge is 0.238 e. The van der Waals surface area contributed by atoms with Crippen LogP contribution in [0.1, 0.15) is 40.0 Å². The van der Waals surface area contributed by atoms with Crippen LogP contribution in [0.4, 0.5) is 5.69 Å². The van der Waals surface area contributed by atoms with E-state index in [-0.39, 0.29) is 5.91 Å². The largest absolute Gasteiger partial charge is 0.325 e. The number of anilines is 1. The first-order chi connectivity index (χ1) is 9.13. The predicted octanol–water partition coefficient (Wildman–Crippen LogP) is 3.53. The maximum absolute atomic E-state index is 12.0. The van der Waals surface area contributed by atoms with Gasteiger partial charge in [0.2, 0.25) is 5.91 Å². The Labute approximate surface area is 117 Å². The van der Waals surface area contributed by atoms with E-state index < -0.39 is 0 Å². The topological polar surface area (TPSA) is 32.3 Å². The summed E-state index contributed by atoms with van der Waals surface area (Å²) in [4.78, 5) is 14.2. The van der Waals surface area contributed by atoms with Gasteiger partial charge >= 0.3 is 0 Å². The molecule has 0 bridgehead atoms. The van der Waals surface area contributed by atoms with Gasteiger partial charge in [0.05, 0.1) is 6.54 Å². The van der Waals surface area contributed by atoms with E-state index in [0.717, 1.165) is 18.7 Å². The number of hydrogen-bond acceptors (Lipinski definition) is 2. The molecule has 1 N–H and O–H groups in total. The zero-order chi connectivity index (χ0) is 14.1. The minimum Gasteiger partial charge on any atom is -0.325 e. The second-order valence-corrected chi connectivity index (χ2v) is 5.19. The lowest BCUT2D eigenvalue weighted by Crippen LogP contribution is -2.38. The first kappa shape index (κ1) is 15.7. The fourth-order valence-electron chi connectivity index (χ4n) is 1.99. The van der Waals surface area contributed by atoms with Crippen molar-refractivity contribution in [1.82, 2.24) is 4.90 Å². The van der Waals surface area contributed by atoms with Gasteiger partial charge in [0.15, 0.2) is 0 Å². The molecular formula is C16H26N2O. The normalized spacial score (nSPS) is 11.0. The lowest BCUT2D eigenvalue weighted by atomic mass is 10.2. The molecule has 0 aromatic heterocycles. The van der Waals surface area contributed by atoms with Crippen molar-refractivity contribution < 1.29 is 4.79 Å². The summed E-state index contributed by atoms with van der Waals surface area (Å²) in [7, 11) is 0. The summed E-state index contributed by atoms with van der Waals surface area (Å²) in [5, 5.41) is 2.94. The lowest BCUT2D eigenvalue weighted by Gasteiger charge is -2.25. The second-order valence-electron chi connectivity index (χ2n) is 5.19. The van der Waals surface area contributed by atoms with E-state index in [1.807, 2.05) is 30.3 Å². The van der Waals surface area contributed by atoms with Crippen molar-refractivity contribution in [1.29, 1.82) is 0 Å². The van der Waals surface area contributed by atoms with Crippen LogP contribution in [0.2, 0.25) is 0 Å². The SMILES string of the molecule is CCCCCN(CC(=O)Nc1ccccc1)C(C)C. The third kappa shape index (κ3) is 6.39. The van der Waals surface area contributed by atoms with Gasteiger partial charge in [-0.1, -0.05) is 38.0 Å². The van der Waals surface area contributed by atoms with Crippen molar-refractivity contribution in [3.05, 3.63) is 30.3 Å². The average Bonchev–Trinajstić information content (AvgIpc) is 2.38. The van der Waals surface area contributed by atoms with Crippen LogP contribution >= 0.6 is 0 Å². The highest BCUT2D eigenvalue weighted by molar-refractivity contribution is 5.92. The molecule has 3 heteroatoms. The highest BCUT2D eigenvalue weighted by atomic mass is 16.2. The molecule has 0 aliphatic rings. The van der Waals surface area contributed by atoms with Gasteiger partial charge in [-0.3, -0.25) is 9.69 Å². The van der Waals surface area contributed by atoms with Crippen molar-refractivity contribution in [2.45, 2.75) is 46.1 Å². The van der Waals surface area contributed by atoms with Crippen LogP contribution in [0, 0.1) is 0 Å². The van der Waals surface area contributed by atoms with Gasteiger partial charge in [-0.2, -0.15) is 0 Å². The highest BCUT2D eigenvalue weighted by Crippen LogP contribution is 2.07. The molecule has 1 aromatic carbocycles. The summed E-state index contributed by atoms with van der Waals surface area (Å²) in [5.74, 6) is 0.0661. The Morgan fingerprint density at radius 2 is 1.89 bits per heavy atom. The Hall–Kier alpha value is -1.35. The van der Waals surface area contributed by atoms with Gasteiger partial charge in [-0.15, -0.1) is 0 Å². The number of nitrogens with zero attached hydrogens (tertiary/aromatic N) is 1. The predicted molar refractivity (Wildman–Crippen MR) is 81.3 cm³/mol. The summed E-state index contributed by atoms with van der Waals surface area (Å²) >= 11 is 0. The number of unbranched alkanes of at least 4 members (excludes halogenated alkanes) is 2. The Morgan fingerprint density at radius 3 is 2.47 bits per heavy atom. The van der Waals surface area contributed by atoms with Crippen LogP contribution in [0.3, 0.4) is 0 Å². The number of benzene rings is 1. The molecule has 0 aliphatic carbocycles. The summed E-state index contributed by atoms with van der Waals surface area (Å²) in [6.07, 6.45) is 3.60. The lowest BCUT2D eigenvalue weighted by molar-refractivity contribution is -0.117. The van der Waals surface area contributed by atoms with Crippen molar-refractivity contribution in [2.75, 3.05) is 18.4 Å². The van der Waals surface area contributed by atoms with Crippen molar-refractivity contribution in [3.63, 3.8) is 0 Å². The fraction of sp³-hybridized carbons (Fsp3) is 0.562. The van der Waals surface area contributed by atoms with Gasteiger partial charge in [0, 0.05) is 11.7 Å². The molecule has 0 radical (unpaired) electrons. The molecule has 0 saturated carbocycles. The van der Waals surface area contributed by atoms with E-state index in [4.69, 9.17) is 0 Å². The zero-order valence-corrected chi connectivity index (χ0v) is 12.4. The van der Waals surface area contributed by atoms with Crippen LogP contribution in [0.15, 0.2) is 30.3 Å². The first-order valence-electron chi connectivity index (χ1n) is 7.22. The van der Waals surface area contributed by atoms with E-state index in [0.29, 0.717) is 12.6 Å². The van der Waals surface area contributed by atoms with Crippen molar-refractivity contribution in [3.8, 4) is 0 Å².